The first-order valence-electron chi connectivity index (χ1n) is 6.28. The van der Waals surface area contributed by atoms with E-state index in [2.05, 4.69) is 24.5 Å². The Morgan fingerprint density at radius 3 is 2.50 bits per heavy atom. The molecule has 100 valence electrons. The molecule has 0 saturated heterocycles. The topological polar surface area (TPSA) is 50.4 Å². The van der Waals surface area contributed by atoms with Gasteiger partial charge in [0, 0.05) is 18.6 Å². The van der Waals surface area contributed by atoms with Crippen LogP contribution in [0, 0.1) is 0 Å². The quantitative estimate of drug-likeness (QED) is 0.814. The van der Waals surface area contributed by atoms with Crippen LogP contribution in [-0.4, -0.2) is 24.7 Å². The number of benzene rings is 1. The fraction of sp³-hybridized carbons (Fsp3) is 0.500. The lowest BCUT2D eigenvalue weighted by molar-refractivity contribution is 0.136. The van der Waals surface area contributed by atoms with Crippen LogP contribution in [0.2, 0.25) is 0 Å². The predicted molar refractivity (Wildman–Crippen MR) is 72.4 cm³/mol. The van der Waals surface area contributed by atoms with Crippen molar-refractivity contribution in [2.75, 3.05) is 6.54 Å². The molecule has 1 atom stereocenters. The van der Waals surface area contributed by atoms with Crippen LogP contribution in [0.5, 0.6) is 0 Å². The first-order valence-corrected chi connectivity index (χ1v) is 6.28. The molecule has 1 amide bonds. The van der Waals surface area contributed by atoms with Gasteiger partial charge in [0.2, 0.25) is 0 Å². The Morgan fingerprint density at radius 2 is 1.89 bits per heavy atom. The van der Waals surface area contributed by atoms with Gasteiger partial charge in [-0.05, 0) is 12.5 Å². The average Bonchev–Trinajstić information content (AvgIpc) is 2.35. The third-order valence-corrected chi connectivity index (χ3v) is 2.41. The standard InChI is InChI=1S/C14H22N2O2/c1-11(2)15-9-12(3)16-14(17)18-10-13-7-5-4-6-8-13/h4-8,11-12,15H,9-10H2,1-3H3,(H,16,17)/t12-/m1/s1. The van der Waals surface area contributed by atoms with Gasteiger partial charge < -0.3 is 15.4 Å². The molecule has 0 heterocycles. The van der Waals surface area contributed by atoms with Crippen LogP contribution in [0.15, 0.2) is 30.3 Å². The van der Waals surface area contributed by atoms with E-state index < -0.39 is 0 Å². The van der Waals surface area contributed by atoms with Crippen LogP contribution in [0.1, 0.15) is 26.3 Å². The summed E-state index contributed by atoms with van der Waals surface area (Å²) < 4.78 is 5.13. The lowest BCUT2D eigenvalue weighted by atomic mass is 10.2. The lowest BCUT2D eigenvalue weighted by Gasteiger charge is -2.16. The summed E-state index contributed by atoms with van der Waals surface area (Å²) in [5.74, 6) is 0. The highest BCUT2D eigenvalue weighted by molar-refractivity contribution is 5.67. The Labute approximate surface area is 109 Å². The molecule has 0 aliphatic carbocycles. The van der Waals surface area contributed by atoms with Gasteiger partial charge in [-0.1, -0.05) is 44.2 Å². The van der Waals surface area contributed by atoms with Crippen molar-refractivity contribution in [3.05, 3.63) is 35.9 Å². The molecule has 0 radical (unpaired) electrons. The van der Waals surface area contributed by atoms with Crippen LogP contribution in [0.25, 0.3) is 0 Å². The van der Waals surface area contributed by atoms with Crippen molar-refractivity contribution in [3.8, 4) is 0 Å². The van der Waals surface area contributed by atoms with E-state index >= 15 is 0 Å². The maximum absolute atomic E-state index is 11.5. The Balaban J connectivity index is 2.21. The van der Waals surface area contributed by atoms with Gasteiger partial charge in [-0.25, -0.2) is 4.79 Å². The van der Waals surface area contributed by atoms with E-state index in [9.17, 15) is 4.79 Å². The molecule has 4 heteroatoms. The summed E-state index contributed by atoms with van der Waals surface area (Å²) in [4.78, 5) is 11.5. The molecule has 1 aromatic rings. The minimum Gasteiger partial charge on any atom is -0.445 e. The Kier molecular flexibility index (Phi) is 6.22. The minimum atomic E-state index is -0.378. The first kappa shape index (κ1) is 14.5. The molecule has 4 nitrogen and oxygen atoms in total. The van der Waals surface area contributed by atoms with Gasteiger partial charge >= 0.3 is 6.09 Å². The van der Waals surface area contributed by atoms with Gasteiger partial charge in [0.1, 0.15) is 6.61 Å². The van der Waals surface area contributed by atoms with E-state index in [1.165, 1.54) is 0 Å². The molecule has 0 spiro atoms. The van der Waals surface area contributed by atoms with Gasteiger partial charge in [-0.2, -0.15) is 0 Å². The smallest absolute Gasteiger partial charge is 0.407 e. The largest absolute Gasteiger partial charge is 0.445 e. The number of hydrogen-bond donors (Lipinski definition) is 2. The maximum Gasteiger partial charge on any atom is 0.407 e. The van der Waals surface area contributed by atoms with Gasteiger partial charge in [-0.3, -0.25) is 0 Å². The molecule has 2 N–H and O–H groups in total. The minimum absolute atomic E-state index is 0.0515. The number of hydrogen-bond acceptors (Lipinski definition) is 3. The second kappa shape index (κ2) is 7.71. The van der Waals surface area contributed by atoms with Crippen molar-refractivity contribution >= 4 is 6.09 Å². The van der Waals surface area contributed by atoms with E-state index in [-0.39, 0.29) is 12.1 Å². The number of carbonyl (C=O) groups is 1. The van der Waals surface area contributed by atoms with E-state index in [1.807, 2.05) is 37.3 Å². The highest BCUT2D eigenvalue weighted by Crippen LogP contribution is 2.00. The second-order valence-electron chi connectivity index (χ2n) is 4.67. The van der Waals surface area contributed by atoms with Crippen LogP contribution in [0.3, 0.4) is 0 Å². The molecule has 0 aromatic heterocycles. The summed E-state index contributed by atoms with van der Waals surface area (Å²) in [6, 6.07) is 10.1. The molecule has 0 unspecified atom stereocenters. The van der Waals surface area contributed by atoms with E-state index in [4.69, 9.17) is 4.74 Å². The molecular formula is C14H22N2O2. The zero-order valence-corrected chi connectivity index (χ0v) is 11.3. The lowest BCUT2D eigenvalue weighted by Crippen LogP contribution is -2.42. The molecule has 0 aliphatic rings. The number of rotatable bonds is 6. The fourth-order valence-electron chi connectivity index (χ4n) is 1.43. The third-order valence-electron chi connectivity index (χ3n) is 2.41. The number of nitrogens with one attached hydrogen (secondary N) is 2. The predicted octanol–water partition coefficient (Wildman–Crippen LogP) is 2.30. The molecule has 0 fully saturated rings. The number of amides is 1. The summed E-state index contributed by atoms with van der Waals surface area (Å²) in [5.41, 5.74) is 0.987. The normalized spacial score (nSPS) is 12.2. The van der Waals surface area contributed by atoms with Crippen molar-refractivity contribution in [1.29, 1.82) is 0 Å². The molecular weight excluding hydrogens is 228 g/mol. The average molecular weight is 250 g/mol. The van der Waals surface area contributed by atoms with Crippen molar-refractivity contribution in [1.82, 2.24) is 10.6 Å². The summed E-state index contributed by atoms with van der Waals surface area (Å²) in [5, 5.41) is 6.04. The number of alkyl carbamates (subject to hydrolysis) is 1. The molecule has 18 heavy (non-hydrogen) atoms. The Morgan fingerprint density at radius 1 is 1.22 bits per heavy atom. The summed E-state index contributed by atoms with van der Waals surface area (Å²) >= 11 is 0. The maximum atomic E-state index is 11.5. The van der Waals surface area contributed by atoms with Gasteiger partial charge in [0.15, 0.2) is 0 Å². The SMILES string of the molecule is CC(C)NC[C@@H](C)NC(=O)OCc1ccccc1. The molecule has 0 bridgehead atoms. The van der Waals surface area contributed by atoms with Crippen LogP contribution in [0.4, 0.5) is 4.79 Å². The summed E-state index contributed by atoms with van der Waals surface area (Å²) in [7, 11) is 0. The van der Waals surface area contributed by atoms with Gasteiger partial charge in [-0.15, -0.1) is 0 Å². The van der Waals surface area contributed by atoms with Crippen molar-refractivity contribution in [3.63, 3.8) is 0 Å². The molecule has 0 aliphatic heterocycles. The van der Waals surface area contributed by atoms with Crippen LogP contribution < -0.4 is 10.6 Å². The zero-order valence-electron chi connectivity index (χ0n) is 11.3. The zero-order chi connectivity index (χ0) is 13.4. The fourth-order valence-corrected chi connectivity index (χ4v) is 1.43. The second-order valence-corrected chi connectivity index (χ2v) is 4.67. The molecule has 1 aromatic carbocycles. The molecule has 0 saturated carbocycles. The summed E-state index contributed by atoms with van der Waals surface area (Å²) in [6.45, 7) is 7.12. The molecule has 1 rings (SSSR count). The van der Waals surface area contributed by atoms with E-state index in [1.54, 1.807) is 0 Å². The van der Waals surface area contributed by atoms with E-state index in [0.29, 0.717) is 12.6 Å². The Bertz CT molecular complexity index is 352. The van der Waals surface area contributed by atoms with E-state index in [0.717, 1.165) is 12.1 Å². The highest BCUT2D eigenvalue weighted by Gasteiger charge is 2.08. The first-order chi connectivity index (χ1) is 8.58. The van der Waals surface area contributed by atoms with Crippen LogP contribution >= 0.6 is 0 Å². The van der Waals surface area contributed by atoms with Crippen molar-refractivity contribution in [2.24, 2.45) is 0 Å². The number of ether oxygens (including phenoxy) is 1. The van der Waals surface area contributed by atoms with Crippen LogP contribution in [-0.2, 0) is 11.3 Å². The summed E-state index contributed by atoms with van der Waals surface area (Å²) in [6.07, 6.45) is -0.378. The van der Waals surface area contributed by atoms with Gasteiger partial charge in [0.05, 0.1) is 0 Å². The third kappa shape index (κ3) is 6.25. The van der Waals surface area contributed by atoms with Gasteiger partial charge in [0.25, 0.3) is 0 Å². The Hall–Kier alpha value is -1.55. The monoisotopic (exact) mass is 250 g/mol. The van der Waals surface area contributed by atoms with Crippen molar-refractivity contribution < 1.29 is 9.53 Å². The highest BCUT2D eigenvalue weighted by atomic mass is 16.5. The van der Waals surface area contributed by atoms with Crippen molar-refractivity contribution in [2.45, 2.75) is 39.5 Å². The number of carbonyl (C=O) groups excluding carboxylic acids is 1.